The summed E-state index contributed by atoms with van der Waals surface area (Å²) in [6, 6.07) is 8.87. The van der Waals surface area contributed by atoms with Gasteiger partial charge in [0.1, 0.15) is 0 Å². The Morgan fingerprint density at radius 2 is 1.94 bits per heavy atom. The topological polar surface area (TPSA) is 26.0 Å². The zero-order chi connectivity index (χ0) is 11.7. The highest BCUT2D eigenvalue weighted by Gasteiger charge is 2.33. The van der Waals surface area contributed by atoms with E-state index in [1.54, 1.807) is 5.56 Å². The van der Waals surface area contributed by atoms with Crippen LogP contribution >= 0.6 is 11.8 Å². The minimum absolute atomic E-state index is 0.126. The van der Waals surface area contributed by atoms with Gasteiger partial charge in [0.05, 0.1) is 0 Å². The average Bonchev–Trinajstić information content (AvgIpc) is 2.73. The Bertz CT molecular complexity index is 396. The van der Waals surface area contributed by atoms with Gasteiger partial charge in [-0.15, -0.1) is 11.8 Å². The summed E-state index contributed by atoms with van der Waals surface area (Å²) < 4.78 is 0. The first-order valence-electron chi connectivity index (χ1n) is 6.77. The van der Waals surface area contributed by atoms with Crippen LogP contribution in [0, 0.1) is 0 Å². The van der Waals surface area contributed by atoms with Gasteiger partial charge in [-0.25, -0.2) is 0 Å². The van der Waals surface area contributed by atoms with Crippen LogP contribution in [-0.2, 0) is 0 Å². The van der Waals surface area contributed by atoms with Crippen molar-refractivity contribution < 1.29 is 0 Å². The molecule has 1 heterocycles. The van der Waals surface area contributed by atoms with Gasteiger partial charge in [-0.2, -0.15) is 0 Å². The minimum Gasteiger partial charge on any atom is -0.325 e. The molecule has 92 valence electrons. The van der Waals surface area contributed by atoms with Gasteiger partial charge in [0.25, 0.3) is 0 Å². The van der Waals surface area contributed by atoms with Gasteiger partial charge in [0, 0.05) is 16.2 Å². The van der Waals surface area contributed by atoms with Crippen LogP contribution in [0.5, 0.6) is 0 Å². The molecular formula is C15H21NS. The lowest BCUT2D eigenvalue weighted by atomic mass is 9.75. The molecule has 1 fully saturated rings. The Hall–Kier alpha value is -0.470. The molecule has 0 spiro atoms. The molecule has 0 amide bonds. The molecule has 0 bridgehead atoms. The fourth-order valence-corrected chi connectivity index (χ4v) is 4.60. The molecule has 0 radical (unpaired) electrons. The molecule has 1 aromatic rings. The van der Waals surface area contributed by atoms with E-state index < -0.39 is 0 Å². The number of thioether (sulfide) groups is 1. The number of rotatable bonds is 2. The summed E-state index contributed by atoms with van der Waals surface area (Å²) >= 11 is 2.01. The summed E-state index contributed by atoms with van der Waals surface area (Å²) in [6.07, 6.45) is 7.70. The number of nitrogens with two attached hydrogens (primary N) is 1. The van der Waals surface area contributed by atoms with Crippen LogP contribution in [0.1, 0.15) is 50.0 Å². The SMILES string of the molecule is NC1(CC2CSc3ccccc32)CCCCC1. The van der Waals surface area contributed by atoms with Gasteiger partial charge in [0.15, 0.2) is 0 Å². The van der Waals surface area contributed by atoms with Crippen molar-refractivity contribution in [1.29, 1.82) is 0 Å². The highest BCUT2D eigenvalue weighted by Crippen LogP contribution is 2.44. The van der Waals surface area contributed by atoms with E-state index in [9.17, 15) is 0 Å². The van der Waals surface area contributed by atoms with E-state index in [0.29, 0.717) is 5.92 Å². The Labute approximate surface area is 108 Å². The highest BCUT2D eigenvalue weighted by molar-refractivity contribution is 7.99. The second-order valence-corrected chi connectivity index (χ2v) is 6.73. The number of hydrogen-bond donors (Lipinski definition) is 1. The van der Waals surface area contributed by atoms with E-state index in [4.69, 9.17) is 5.73 Å². The van der Waals surface area contributed by atoms with Crippen molar-refractivity contribution in [2.75, 3.05) is 5.75 Å². The molecule has 1 aliphatic heterocycles. The number of fused-ring (bicyclic) bond motifs is 1. The molecule has 2 aliphatic rings. The summed E-state index contributed by atoms with van der Waals surface area (Å²) in [4.78, 5) is 1.48. The Morgan fingerprint density at radius 3 is 2.76 bits per heavy atom. The van der Waals surface area contributed by atoms with E-state index in [-0.39, 0.29) is 5.54 Å². The third-order valence-corrected chi connectivity index (χ3v) is 5.55. The largest absolute Gasteiger partial charge is 0.325 e. The second-order valence-electron chi connectivity index (χ2n) is 5.67. The second kappa shape index (κ2) is 4.66. The quantitative estimate of drug-likeness (QED) is 0.857. The minimum atomic E-state index is 0.126. The van der Waals surface area contributed by atoms with Gasteiger partial charge in [0.2, 0.25) is 0 Å². The molecule has 3 rings (SSSR count). The van der Waals surface area contributed by atoms with E-state index >= 15 is 0 Å². The lowest BCUT2D eigenvalue weighted by Crippen LogP contribution is -2.43. The van der Waals surface area contributed by atoms with Crippen LogP contribution in [0.25, 0.3) is 0 Å². The van der Waals surface area contributed by atoms with Crippen molar-refractivity contribution in [3.8, 4) is 0 Å². The third-order valence-electron chi connectivity index (χ3n) is 4.30. The predicted molar refractivity (Wildman–Crippen MR) is 74.5 cm³/mol. The lowest BCUT2D eigenvalue weighted by Gasteiger charge is -2.35. The third kappa shape index (κ3) is 2.38. The molecule has 1 aromatic carbocycles. The fraction of sp³-hybridized carbons (Fsp3) is 0.600. The van der Waals surface area contributed by atoms with Gasteiger partial charge in [-0.1, -0.05) is 37.5 Å². The standard InChI is InChI=1S/C15H21NS/c16-15(8-4-1-5-9-15)10-12-11-17-14-7-3-2-6-13(12)14/h2-3,6-7,12H,1,4-5,8-11,16H2. The van der Waals surface area contributed by atoms with Crippen LogP contribution in [0.15, 0.2) is 29.2 Å². The highest BCUT2D eigenvalue weighted by atomic mass is 32.2. The van der Waals surface area contributed by atoms with Crippen molar-refractivity contribution in [3.05, 3.63) is 29.8 Å². The first-order chi connectivity index (χ1) is 8.27. The molecule has 2 N–H and O–H groups in total. The molecule has 0 aromatic heterocycles. The van der Waals surface area contributed by atoms with Crippen LogP contribution in [0.4, 0.5) is 0 Å². The predicted octanol–water partition coefficient (Wildman–Crippen LogP) is 3.93. The molecular weight excluding hydrogens is 226 g/mol. The average molecular weight is 247 g/mol. The monoisotopic (exact) mass is 247 g/mol. The van der Waals surface area contributed by atoms with E-state index in [2.05, 4.69) is 24.3 Å². The van der Waals surface area contributed by atoms with Crippen molar-refractivity contribution in [2.24, 2.45) is 5.73 Å². The summed E-state index contributed by atoms with van der Waals surface area (Å²) in [6.45, 7) is 0. The van der Waals surface area contributed by atoms with Crippen molar-refractivity contribution in [3.63, 3.8) is 0 Å². The number of hydrogen-bond acceptors (Lipinski definition) is 2. The van der Waals surface area contributed by atoms with Crippen LogP contribution in [0.2, 0.25) is 0 Å². The Morgan fingerprint density at radius 1 is 1.18 bits per heavy atom. The Kier molecular flexibility index (Phi) is 3.18. The van der Waals surface area contributed by atoms with Crippen LogP contribution in [-0.4, -0.2) is 11.3 Å². The first kappa shape index (κ1) is 11.6. The summed E-state index contributed by atoms with van der Waals surface area (Å²) in [5, 5.41) is 0. The van der Waals surface area contributed by atoms with Crippen LogP contribution < -0.4 is 5.73 Å². The zero-order valence-electron chi connectivity index (χ0n) is 10.3. The summed E-state index contributed by atoms with van der Waals surface area (Å²) in [7, 11) is 0. The maximum absolute atomic E-state index is 6.59. The zero-order valence-corrected chi connectivity index (χ0v) is 11.1. The summed E-state index contributed by atoms with van der Waals surface area (Å²) in [5.41, 5.74) is 8.26. The molecule has 1 saturated carbocycles. The van der Waals surface area contributed by atoms with E-state index in [1.165, 1.54) is 49.2 Å². The maximum Gasteiger partial charge on any atom is 0.0160 e. The molecule has 1 atom stereocenters. The van der Waals surface area contributed by atoms with Crippen molar-refractivity contribution in [1.82, 2.24) is 0 Å². The van der Waals surface area contributed by atoms with Crippen molar-refractivity contribution >= 4 is 11.8 Å². The van der Waals surface area contributed by atoms with Gasteiger partial charge < -0.3 is 5.73 Å². The van der Waals surface area contributed by atoms with Gasteiger partial charge in [-0.05, 0) is 36.8 Å². The first-order valence-corrected chi connectivity index (χ1v) is 7.76. The van der Waals surface area contributed by atoms with Crippen LogP contribution in [0.3, 0.4) is 0 Å². The van der Waals surface area contributed by atoms with E-state index in [0.717, 1.165) is 0 Å². The maximum atomic E-state index is 6.59. The summed E-state index contributed by atoms with van der Waals surface area (Å²) in [5.74, 6) is 1.93. The Balaban J connectivity index is 1.74. The van der Waals surface area contributed by atoms with Gasteiger partial charge in [-0.3, -0.25) is 0 Å². The molecule has 2 heteroatoms. The van der Waals surface area contributed by atoms with E-state index in [1.807, 2.05) is 11.8 Å². The fourth-order valence-electron chi connectivity index (χ4n) is 3.35. The smallest absolute Gasteiger partial charge is 0.0160 e. The number of benzene rings is 1. The molecule has 0 saturated heterocycles. The normalized spacial score (nSPS) is 26.8. The molecule has 1 nitrogen and oxygen atoms in total. The lowest BCUT2D eigenvalue weighted by molar-refractivity contribution is 0.265. The molecule has 1 aliphatic carbocycles. The molecule has 17 heavy (non-hydrogen) atoms. The molecule has 1 unspecified atom stereocenters. The van der Waals surface area contributed by atoms with Crippen molar-refractivity contribution in [2.45, 2.75) is 54.9 Å². The van der Waals surface area contributed by atoms with Gasteiger partial charge >= 0.3 is 0 Å².